The van der Waals surface area contributed by atoms with Crippen LogP contribution in [0.3, 0.4) is 0 Å². The van der Waals surface area contributed by atoms with Crippen LogP contribution >= 0.6 is 0 Å². The number of anilines is 1. The predicted molar refractivity (Wildman–Crippen MR) is 69.8 cm³/mol. The lowest BCUT2D eigenvalue weighted by molar-refractivity contribution is 0.356. The molecule has 0 atom stereocenters. The number of nitrogens with one attached hydrogen (secondary N) is 2. The van der Waals surface area contributed by atoms with E-state index in [2.05, 4.69) is 14.9 Å². The molecular formula is C12H13N3O3S. The van der Waals surface area contributed by atoms with Gasteiger partial charge in [0.15, 0.2) is 5.82 Å². The first-order valence-electron chi connectivity index (χ1n) is 5.85. The van der Waals surface area contributed by atoms with Gasteiger partial charge in [-0.15, -0.1) is 0 Å². The highest BCUT2D eigenvalue weighted by Crippen LogP contribution is 2.28. The summed E-state index contributed by atoms with van der Waals surface area (Å²) < 4.78 is 32.2. The van der Waals surface area contributed by atoms with E-state index in [0.29, 0.717) is 6.61 Å². The molecule has 1 aromatic heterocycles. The van der Waals surface area contributed by atoms with Crippen LogP contribution in [-0.4, -0.2) is 25.2 Å². The van der Waals surface area contributed by atoms with Crippen LogP contribution in [0.25, 0.3) is 0 Å². The minimum Gasteiger partial charge on any atom is -0.493 e. The van der Waals surface area contributed by atoms with E-state index in [-0.39, 0.29) is 10.7 Å². The third-order valence-electron chi connectivity index (χ3n) is 2.92. The molecule has 0 radical (unpaired) electrons. The minimum absolute atomic E-state index is 0.220. The highest BCUT2D eigenvalue weighted by atomic mass is 32.2. The molecule has 7 heteroatoms. The number of hydrogen-bond donors (Lipinski definition) is 2. The van der Waals surface area contributed by atoms with Crippen LogP contribution in [0.5, 0.6) is 5.75 Å². The Labute approximate surface area is 110 Å². The number of hydrogen-bond acceptors (Lipinski definition) is 4. The van der Waals surface area contributed by atoms with Crippen molar-refractivity contribution in [1.82, 2.24) is 10.2 Å². The van der Waals surface area contributed by atoms with Gasteiger partial charge in [0.2, 0.25) is 0 Å². The van der Waals surface area contributed by atoms with E-state index in [1.807, 2.05) is 0 Å². The first-order valence-corrected chi connectivity index (χ1v) is 7.33. The van der Waals surface area contributed by atoms with Crippen LogP contribution in [-0.2, 0) is 16.4 Å². The van der Waals surface area contributed by atoms with E-state index in [0.717, 1.165) is 23.4 Å². The molecule has 0 aliphatic carbocycles. The summed E-state index contributed by atoms with van der Waals surface area (Å²) in [6.07, 6.45) is 0.736. The SMILES string of the molecule is Cc1cc(NS(=O)(=O)c2ccc3c(c2)CCO3)n[nH]1. The zero-order valence-corrected chi connectivity index (χ0v) is 11.1. The molecule has 3 rings (SSSR count). The van der Waals surface area contributed by atoms with Crippen LogP contribution in [0.2, 0.25) is 0 Å². The van der Waals surface area contributed by atoms with Crippen molar-refractivity contribution in [3.05, 3.63) is 35.5 Å². The first kappa shape index (κ1) is 12.0. The Morgan fingerprint density at radius 1 is 1.37 bits per heavy atom. The number of aryl methyl sites for hydroxylation is 1. The Hall–Kier alpha value is -2.02. The Bertz CT molecular complexity index is 722. The summed E-state index contributed by atoms with van der Waals surface area (Å²) in [4.78, 5) is 0.220. The maximum atomic E-state index is 12.2. The Morgan fingerprint density at radius 2 is 2.21 bits per heavy atom. The molecule has 2 N–H and O–H groups in total. The van der Waals surface area contributed by atoms with Crippen LogP contribution in [0, 0.1) is 6.92 Å². The van der Waals surface area contributed by atoms with Gasteiger partial charge in [-0.2, -0.15) is 5.10 Å². The van der Waals surface area contributed by atoms with Crippen LogP contribution < -0.4 is 9.46 Å². The second kappa shape index (κ2) is 4.27. The topological polar surface area (TPSA) is 84.1 Å². The van der Waals surface area contributed by atoms with E-state index in [9.17, 15) is 8.42 Å². The minimum atomic E-state index is -3.61. The largest absolute Gasteiger partial charge is 0.493 e. The molecule has 1 aliphatic heterocycles. The summed E-state index contributed by atoms with van der Waals surface area (Å²) in [5, 5.41) is 6.55. The van der Waals surface area contributed by atoms with E-state index < -0.39 is 10.0 Å². The van der Waals surface area contributed by atoms with E-state index in [4.69, 9.17) is 4.74 Å². The van der Waals surface area contributed by atoms with Gasteiger partial charge in [-0.3, -0.25) is 9.82 Å². The van der Waals surface area contributed by atoms with E-state index in [1.165, 1.54) is 6.07 Å². The Morgan fingerprint density at radius 3 is 2.95 bits per heavy atom. The number of aromatic nitrogens is 2. The van der Waals surface area contributed by atoms with Crippen LogP contribution in [0.1, 0.15) is 11.3 Å². The van der Waals surface area contributed by atoms with Crippen molar-refractivity contribution in [3.63, 3.8) is 0 Å². The average molecular weight is 279 g/mol. The monoisotopic (exact) mass is 279 g/mol. The van der Waals surface area contributed by atoms with Gasteiger partial charge in [0.05, 0.1) is 11.5 Å². The molecule has 19 heavy (non-hydrogen) atoms. The summed E-state index contributed by atoms with van der Waals surface area (Å²) in [5.41, 5.74) is 1.71. The van der Waals surface area contributed by atoms with E-state index in [1.54, 1.807) is 25.1 Å². The van der Waals surface area contributed by atoms with Gasteiger partial charge in [0, 0.05) is 18.2 Å². The lowest BCUT2D eigenvalue weighted by Gasteiger charge is -2.06. The smallest absolute Gasteiger partial charge is 0.263 e. The Kier molecular flexibility index (Phi) is 2.70. The number of fused-ring (bicyclic) bond motifs is 1. The number of nitrogens with zero attached hydrogens (tertiary/aromatic N) is 1. The molecular weight excluding hydrogens is 266 g/mol. The molecule has 0 bridgehead atoms. The normalized spacial score (nSPS) is 13.9. The zero-order chi connectivity index (χ0) is 13.5. The van der Waals surface area contributed by atoms with Crippen molar-refractivity contribution >= 4 is 15.8 Å². The molecule has 0 saturated carbocycles. The van der Waals surface area contributed by atoms with Gasteiger partial charge in [-0.1, -0.05) is 0 Å². The second-order valence-corrected chi connectivity index (χ2v) is 6.09. The fourth-order valence-corrected chi connectivity index (χ4v) is 3.04. The zero-order valence-electron chi connectivity index (χ0n) is 10.3. The fraction of sp³-hybridized carbons (Fsp3) is 0.250. The van der Waals surface area contributed by atoms with E-state index >= 15 is 0 Å². The second-order valence-electron chi connectivity index (χ2n) is 4.41. The summed E-state index contributed by atoms with van der Waals surface area (Å²) in [7, 11) is -3.61. The maximum Gasteiger partial charge on any atom is 0.263 e. The summed E-state index contributed by atoms with van der Waals surface area (Å²) in [6.45, 7) is 2.41. The first-order chi connectivity index (χ1) is 9.04. The molecule has 6 nitrogen and oxygen atoms in total. The standard InChI is InChI=1S/C12H13N3O3S/c1-8-6-12(14-13-8)15-19(16,17)10-2-3-11-9(7-10)4-5-18-11/h2-3,6-7H,4-5H2,1H3,(H2,13,14,15). The van der Waals surface area contributed by atoms with Gasteiger partial charge in [-0.25, -0.2) is 8.42 Å². The van der Waals surface area contributed by atoms with Crippen LogP contribution in [0.15, 0.2) is 29.2 Å². The van der Waals surface area contributed by atoms with Crippen molar-refractivity contribution in [2.24, 2.45) is 0 Å². The number of benzene rings is 1. The molecule has 0 saturated heterocycles. The Balaban J connectivity index is 1.92. The average Bonchev–Trinajstić information content (AvgIpc) is 2.96. The van der Waals surface area contributed by atoms with Gasteiger partial charge in [0.25, 0.3) is 10.0 Å². The molecule has 1 aliphatic rings. The summed E-state index contributed by atoms with van der Waals surface area (Å²) in [5.74, 6) is 1.05. The lowest BCUT2D eigenvalue weighted by Crippen LogP contribution is -2.13. The molecule has 0 amide bonds. The van der Waals surface area contributed by atoms with Gasteiger partial charge in [0.1, 0.15) is 5.75 Å². The number of aromatic amines is 1. The fourth-order valence-electron chi connectivity index (χ4n) is 2.00. The van der Waals surface area contributed by atoms with Crippen molar-refractivity contribution in [3.8, 4) is 5.75 Å². The predicted octanol–water partition coefficient (Wildman–Crippen LogP) is 1.45. The summed E-state index contributed by atoms with van der Waals surface area (Å²) in [6, 6.07) is 6.50. The number of sulfonamides is 1. The molecule has 1 aromatic carbocycles. The van der Waals surface area contributed by atoms with Gasteiger partial charge < -0.3 is 4.74 Å². The molecule has 0 spiro atoms. The highest BCUT2D eigenvalue weighted by molar-refractivity contribution is 7.92. The van der Waals surface area contributed by atoms with Crippen molar-refractivity contribution in [2.45, 2.75) is 18.2 Å². The molecule has 2 heterocycles. The third kappa shape index (κ3) is 2.28. The number of H-pyrrole nitrogens is 1. The van der Waals surface area contributed by atoms with Crippen molar-refractivity contribution < 1.29 is 13.2 Å². The van der Waals surface area contributed by atoms with Crippen molar-refractivity contribution in [2.75, 3.05) is 11.3 Å². The molecule has 100 valence electrons. The molecule has 0 unspecified atom stereocenters. The highest BCUT2D eigenvalue weighted by Gasteiger charge is 2.20. The van der Waals surface area contributed by atoms with Crippen molar-refractivity contribution in [1.29, 1.82) is 0 Å². The number of ether oxygens (including phenoxy) is 1. The maximum absolute atomic E-state index is 12.2. The number of rotatable bonds is 3. The molecule has 2 aromatic rings. The van der Waals surface area contributed by atoms with Gasteiger partial charge in [-0.05, 0) is 30.7 Å². The quantitative estimate of drug-likeness (QED) is 0.890. The molecule has 0 fully saturated rings. The van der Waals surface area contributed by atoms with Crippen LogP contribution in [0.4, 0.5) is 5.82 Å². The van der Waals surface area contributed by atoms with Gasteiger partial charge >= 0.3 is 0 Å². The lowest BCUT2D eigenvalue weighted by atomic mass is 10.2. The third-order valence-corrected chi connectivity index (χ3v) is 4.27. The summed E-state index contributed by atoms with van der Waals surface area (Å²) >= 11 is 0.